The van der Waals surface area contributed by atoms with Crippen LogP contribution in [0, 0.1) is 11.3 Å². The summed E-state index contributed by atoms with van der Waals surface area (Å²) in [5.74, 6) is 0.833. The van der Waals surface area contributed by atoms with E-state index in [1.165, 1.54) is 12.8 Å². The number of ether oxygens (including phenoxy) is 2. The first kappa shape index (κ1) is 28.6. The van der Waals surface area contributed by atoms with Gasteiger partial charge in [0.25, 0.3) is 0 Å². The molecule has 0 amide bonds. The highest BCUT2D eigenvalue weighted by Crippen LogP contribution is 2.08. The van der Waals surface area contributed by atoms with Crippen molar-refractivity contribution in [2.24, 2.45) is 11.3 Å². The molecule has 0 aliphatic carbocycles. The molecule has 0 spiro atoms. The molecule has 0 radical (unpaired) electrons. The van der Waals surface area contributed by atoms with Crippen LogP contribution < -0.4 is 0 Å². The van der Waals surface area contributed by atoms with Crippen molar-refractivity contribution >= 4 is 0 Å². The number of hydrogen-bond donors (Lipinski definition) is 0. The predicted molar refractivity (Wildman–Crippen MR) is 98.9 cm³/mol. The Hall–Kier alpha value is -0.500. The second-order valence-electron chi connectivity index (χ2n) is 7.08. The maximum Gasteiger partial charge on any atom is 0.0908 e. The molecule has 0 N–H and O–H groups in total. The molecular formula is C19H44O2. The Labute approximate surface area is 136 Å². The van der Waals surface area contributed by atoms with Crippen LogP contribution in [0.3, 0.4) is 0 Å². The molecule has 2 aliphatic heterocycles. The maximum absolute atomic E-state index is 4.94. The predicted octanol–water partition coefficient (Wildman–Crippen LogP) is 6.70. The van der Waals surface area contributed by atoms with Crippen molar-refractivity contribution in [2.75, 3.05) is 19.8 Å². The third-order valence-electron chi connectivity index (χ3n) is 1.42. The largest absolute Gasteiger partial charge is 0.501 e. The van der Waals surface area contributed by atoms with Crippen LogP contribution in [0.2, 0.25) is 0 Å². The van der Waals surface area contributed by atoms with Gasteiger partial charge in [-0.1, -0.05) is 63.3 Å². The molecule has 2 rings (SSSR count). The number of hydrogen-bond acceptors (Lipinski definition) is 2. The van der Waals surface area contributed by atoms with Crippen LogP contribution in [0.5, 0.6) is 0 Å². The van der Waals surface area contributed by atoms with Gasteiger partial charge < -0.3 is 9.47 Å². The van der Waals surface area contributed by atoms with Crippen molar-refractivity contribution in [2.45, 2.75) is 82.6 Å². The summed E-state index contributed by atoms with van der Waals surface area (Å²) < 4.78 is 9.71. The monoisotopic (exact) mass is 304 g/mol. The van der Waals surface area contributed by atoms with Crippen molar-refractivity contribution < 1.29 is 9.47 Å². The molecular weight excluding hydrogens is 260 g/mol. The van der Waals surface area contributed by atoms with Gasteiger partial charge in [0.2, 0.25) is 0 Å². The first-order valence-electron chi connectivity index (χ1n) is 7.58. The lowest BCUT2D eigenvalue weighted by molar-refractivity contribution is 0.198. The van der Waals surface area contributed by atoms with Crippen molar-refractivity contribution in [1.29, 1.82) is 0 Å². The molecule has 21 heavy (non-hydrogen) atoms. The van der Waals surface area contributed by atoms with Crippen molar-refractivity contribution in [3.05, 3.63) is 12.3 Å². The lowest BCUT2D eigenvalue weighted by Gasteiger charge is -2.05. The summed E-state index contributed by atoms with van der Waals surface area (Å²) in [5, 5.41) is 0. The summed E-state index contributed by atoms with van der Waals surface area (Å²) in [6.45, 7) is 18.1. The van der Waals surface area contributed by atoms with E-state index in [0.717, 1.165) is 32.2 Å². The first-order valence-corrected chi connectivity index (χ1v) is 7.58. The summed E-state index contributed by atoms with van der Waals surface area (Å²) >= 11 is 0. The first-order chi connectivity index (χ1) is 8.73. The molecule has 0 aromatic rings. The van der Waals surface area contributed by atoms with Crippen molar-refractivity contribution in [3.63, 3.8) is 0 Å². The van der Waals surface area contributed by atoms with Crippen LogP contribution in [0.15, 0.2) is 12.3 Å². The van der Waals surface area contributed by atoms with Gasteiger partial charge in [-0.3, -0.25) is 0 Å². The van der Waals surface area contributed by atoms with Crippen LogP contribution in [-0.2, 0) is 9.47 Å². The van der Waals surface area contributed by atoms with E-state index in [4.69, 9.17) is 9.47 Å². The maximum atomic E-state index is 4.94. The minimum Gasteiger partial charge on any atom is -0.501 e. The minimum atomic E-state index is 0. The number of rotatable bonds is 0. The van der Waals surface area contributed by atoms with E-state index >= 15 is 0 Å². The normalized spacial score (nSPS) is 14.9. The molecule has 2 nitrogen and oxygen atoms in total. The Balaban J connectivity index is -0.0000000894. The zero-order valence-corrected chi connectivity index (χ0v) is 14.3. The molecule has 132 valence electrons. The summed E-state index contributed by atoms with van der Waals surface area (Å²) in [4.78, 5) is 0. The summed E-state index contributed by atoms with van der Waals surface area (Å²) in [6, 6.07) is 0. The highest BCUT2D eigenvalue weighted by Gasteiger charge is 1.95. The molecule has 0 aromatic carbocycles. The Kier molecular flexibility index (Phi) is 26.6. The van der Waals surface area contributed by atoms with Gasteiger partial charge in [0.1, 0.15) is 0 Å². The summed E-state index contributed by atoms with van der Waals surface area (Å²) in [6.07, 6.45) is 7.40. The van der Waals surface area contributed by atoms with Crippen LogP contribution in [0.1, 0.15) is 82.6 Å². The van der Waals surface area contributed by atoms with Crippen molar-refractivity contribution in [3.8, 4) is 0 Å². The molecule has 2 heteroatoms. The van der Waals surface area contributed by atoms with E-state index < -0.39 is 0 Å². The van der Waals surface area contributed by atoms with E-state index in [2.05, 4.69) is 48.5 Å². The molecule has 0 unspecified atom stereocenters. The fourth-order valence-electron chi connectivity index (χ4n) is 0.851. The Morgan fingerprint density at radius 2 is 1.24 bits per heavy atom. The molecule has 1 saturated heterocycles. The summed E-state index contributed by atoms with van der Waals surface area (Å²) in [5.41, 5.74) is 0.500. The van der Waals surface area contributed by atoms with E-state index in [9.17, 15) is 0 Å². The van der Waals surface area contributed by atoms with Crippen LogP contribution >= 0.6 is 0 Å². The molecule has 0 aromatic heterocycles. The molecule has 0 atom stereocenters. The lowest BCUT2D eigenvalue weighted by Crippen LogP contribution is -1.93. The average Bonchev–Trinajstić information content (AvgIpc) is 2.94. The smallest absolute Gasteiger partial charge is 0.0908 e. The van der Waals surface area contributed by atoms with Gasteiger partial charge in [0, 0.05) is 19.6 Å². The quantitative estimate of drug-likeness (QED) is 0.495. The lowest BCUT2D eigenvalue weighted by atomic mass is 10.0. The fourth-order valence-corrected chi connectivity index (χ4v) is 0.851. The highest BCUT2D eigenvalue weighted by atomic mass is 16.5. The standard InChI is InChI=1S/C5H12.C4H8O.C4H6O.C4H10.2CH4/c1-5(2,3)4;2*1-2-4-5-3-1;1-4(2)3;;/h1-4H3;1-4H2;1,3H,2,4H2;4H,1-3H3;2*1H4. The van der Waals surface area contributed by atoms with E-state index in [-0.39, 0.29) is 14.9 Å². The summed E-state index contributed by atoms with van der Waals surface area (Å²) in [7, 11) is 0. The Morgan fingerprint density at radius 1 is 0.857 bits per heavy atom. The van der Waals surface area contributed by atoms with Crippen LogP contribution in [0.4, 0.5) is 0 Å². The minimum absolute atomic E-state index is 0. The second-order valence-corrected chi connectivity index (χ2v) is 7.08. The van der Waals surface area contributed by atoms with Crippen LogP contribution in [-0.4, -0.2) is 19.8 Å². The van der Waals surface area contributed by atoms with Gasteiger partial charge in [-0.15, -0.1) is 0 Å². The van der Waals surface area contributed by atoms with Crippen molar-refractivity contribution in [1.82, 2.24) is 0 Å². The van der Waals surface area contributed by atoms with Gasteiger partial charge in [-0.2, -0.15) is 0 Å². The zero-order valence-electron chi connectivity index (χ0n) is 14.3. The Morgan fingerprint density at radius 3 is 1.33 bits per heavy atom. The molecule has 0 saturated carbocycles. The topological polar surface area (TPSA) is 18.5 Å². The van der Waals surface area contributed by atoms with Gasteiger partial charge in [0.05, 0.1) is 12.9 Å². The van der Waals surface area contributed by atoms with Crippen LogP contribution in [0.25, 0.3) is 0 Å². The molecule has 2 heterocycles. The molecule has 2 aliphatic rings. The van der Waals surface area contributed by atoms with Gasteiger partial charge in [-0.25, -0.2) is 0 Å². The van der Waals surface area contributed by atoms with Gasteiger partial charge >= 0.3 is 0 Å². The average molecular weight is 305 g/mol. The third kappa shape index (κ3) is 66.2. The molecule has 1 fully saturated rings. The molecule has 0 bridgehead atoms. The van der Waals surface area contributed by atoms with E-state index in [1.807, 2.05) is 6.08 Å². The SMILES string of the molecule is C.C.C1=COCC1.C1CCOC1.CC(C)(C)C.CC(C)C. The highest BCUT2D eigenvalue weighted by molar-refractivity contribution is 4.78. The second kappa shape index (κ2) is 19.5. The fraction of sp³-hybridized carbons (Fsp3) is 0.895. The Bertz CT molecular complexity index is 164. The zero-order chi connectivity index (χ0) is 15.1. The van der Waals surface area contributed by atoms with Gasteiger partial charge in [-0.05, 0) is 30.3 Å². The third-order valence-corrected chi connectivity index (χ3v) is 1.42. The van der Waals surface area contributed by atoms with E-state index in [0.29, 0.717) is 5.41 Å². The van der Waals surface area contributed by atoms with Gasteiger partial charge in [0.15, 0.2) is 0 Å². The van der Waals surface area contributed by atoms with E-state index in [1.54, 1.807) is 6.26 Å².